The fourth-order valence-corrected chi connectivity index (χ4v) is 2.06. The molecule has 15 heavy (non-hydrogen) atoms. The molecule has 0 aliphatic carbocycles. The normalized spacial score (nSPS) is 10.5. The standard InChI is InChI=1S/C11H13N3S/c1-8-5-10(6-12-2)14-11(13-8)9-3-4-15-7-9/h3-5,7,12H,6H2,1-2H3. The van der Waals surface area contributed by atoms with Crippen LogP contribution in [-0.4, -0.2) is 17.0 Å². The molecule has 0 saturated carbocycles. The van der Waals surface area contributed by atoms with E-state index in [9.17, 15) is 0 Å². The lowest BCUT2D eigenvalue weighted by molar-refractivity contribution is 0.785. The maximum Gasteiger partial charge on any atom is 0.160 e. The molecule has 4 heteroatoms. The second kappa shape index (κ2) is 4.51. The van der Waals surface area contributed by atoms with Crippen LogP contribution >= 0.6 is 11.3 Å². The summed E-state index contributed by atoms with van der Waals surface area (Å²) < 4.78 is 0. The summed E-state index contributed by atoms with van der Waals surface area (Å²) in [6.45, 7) is 2.78. The lowest BCUT2D eigenvalue weighted by Gasteiger charge is -2.03. The molecule has 2 aromatic heterocycles. The van der Waals surface area contributed by atoms with Gasteiger partial charge in [-0.1, -0.05) is 0 Å². The molecule has 0 fully saturated rings. The van der Waals surface area contributed by atoms with Crippen molar-refractivity contribution in [1.29, 1.82) is 0 Å². The Balaban J connectivity index is 2.40. The lowest BCUT2D eigenvalue weighted by Crippen LogP contribution is -2.08. The first-order valence-corrected chi connectivity index (χ1v) is 5.75. The maximum absolute atomic E-state index is 4.50. The van der Waals surface area contributed by atoms with Crippen LogP contribution < -0.4 is 5.32 Å². The molecule has 1 N–H and O–H groups in total. The fraction of sp³-hybridized carbons (Fsp3) is 0.273. The number of rotatable bonds is 3. The van der Waals surface area contributed by atoms with Crippen LogP contribution in [0.15, 0.2) is 22.9 Å². The lowest BCUT2D eigenvalue weighted by atomic mass is 10.2. The summed E-state index contributed by atoms with van der Waals surface area (Å²) in [7, 11) is 1.92. The number of aryl methyl sites for hydroxylation is 1. The molecule has 0 amide bonds. The summed E-state index contributed by atoms with van der Waals surface area (Å²) in [5.74, 6) is 0.821. The van der Waals surface area contributed by atoms with Crippen molar-refractivity contribution in [3.63, 3.8) is 0 Å². The monoisotopic (exact) mass is 219 g/mol. The van der Waals surface area contributed by atoms with Gasteiger partial charge >= 0.3 is 0 Å². The van der Waals surface area contributed by atoms with Crippen molar-refractivity contribution in [3.05, 3.63) is 34.3 Å². The zero-order valence-electron chi connectivity index (χ0n) is 8.82. The second-order valence-corrected chi connectivity index (χ2v) is 4.15. The van der Waals surface area contributed by atoms with Gasteiger partial charge in [0.1, 0.15) is 0 Å². The van der Waals surface area contributed by atoms with E-state index >= 15 is 0 Å². The fourth-order valence-electron chi connectivity index (χ4n) is 1.43. The Morgan fingerprint density at radius 1 is 1.40 bits per heavy atom. The highest BCUT2D eigenvalue weighted by molar-refractivity contribution is 7.08. The minimum absolute atomic E-state index is 0.778. The molecule has 2 aromatic rings. The largest absolute Gasteiger partial charge is 0.314 e. The topological polar surface area (TPSA) is 37.8 Å². The van der Waals surface area contributed by atoms with Crippen molar-refractivity contribution in [2.45, 2.75) is 13.5 Å². The van der Waals surface area contributed by atoms with Crippen molar-refractivity contribution < 1.29 is 0 Å². The van der Waals surface area contributed by atoms with Crippen LogP contribution in [0.1, 0.15) is 11.4 Å². The molecule has 0 radical (unpaired) electrons. The summed E-state index contributed by atoms with van der Waals surface area (Å²) in [5, 5.41) is 7.20. The van der Waals surface area contributed by atoms with Gasteiger partial charge in [0.15, 0.2) is 5.82 Å². The molecule has 0 bridgehead atoms. The van der Waals surface area contributed by atoms with Crippen LogP contribution in [0, 0.1) is 6.92 Å². The van der Waals surface area contributed by atoms with Gasteiger partial charge in [-0.2, -0.15) is 11.3 Å². The van der Waals surface area contributed by atoms with Gasteiger partial charge in [-0.25, -0.2) is 9.97 Å². The van der Waals surface area contributed by atoms with Crippen LogP contribution in [-0.2, 0) is 6.54 Å². The van der Waals surface area contributed by atoms with Crippen molar-refractivity contribution in [1.82, 2.24) is 15.3 Å². The van der Waals surface area contributed by atoms with Crippen LogP contribution in [0.3, 0.4) is 0 Å². The molecular formula is C11H13N3S. The minimum Gasteiger partial charge on any atom is -0.314 e. The highest BCUT2D eigenvalue weighted by Gasteiger charge is 2.04. The Hall–Kier alpha value is -1.26. The van der Waals surface area contributed by atoms with E-state index in [1.54, 1.807) is 11.3 Å². The molecule has 0 aromatic carbocycles. The molecule has 0 spiro atoms. The average Bonchev–Trinajstić information content (AvgIpc) is 2.70. The number of nitrogens with zero attached hydrogens (tertiary/aromatic N) is 2. The zero-order chi connectivity index (χ0) is 10.7. The number of thiophene rings is 1. The zero-order valence-corrected chi connectivity index (χ0v) is 9.64. The smallest absolute Gasteiger partial charge is 0.160 e. The highest BCUT2D eigenvalue weighted by atomic mass is 32.1. The predicted octanol–water partition coefficient (Wildman–Crippen LogP) is 2.23. The Morgan fingerprint density at radius 3 is 2.93 bits per heavy atom. The molecule has 0 aliphatic rings. The highest BCUT2D eigenvalue weighted by Crippen LogP contribution is 2.18. The Morgan fingerprint density at radius 2 is 2.27 bits per heavy atom. The maximum atomic E-state index is 4.50. The third-order valence-corrected chi connectivity index (χ3v) is 2.73. The summed E-state index contributed by atoms with van der Waals surface area (Å²) >= 11 is 1.66. The van der Waals surface area contributed by atoms with Gasteiger partial charge in [-0.05, 0) is 31.5 Å². The van der Waals surface area contributed by atoms with E-state index in [2.05, 4.69) is 20.7 Å². The van der Waals surface area contributed by atoms with Gasteiger partial charge < -0.3 is 5.32 Å². The van der Waals surface area contributed by atoms with E-state index in [4.69, 9.17) is 0 Å². The average molecular weight is 219 g/mol. The Kier molecular flexibility index (Phi) is 3.08. The molecule has 0 aliphatic heterocycles. The number of hydrogen-bond donors (Lipinski definition) is 1. The summed E-state index contributed by atoms with van der Waals surface area (Å²) in [5.41, 5.74) is 3.14. The minimum atomic E-state index is 0.778. The first-order chi connectivity index (χ1) is 7.29. The van der Waals surface area contributed by atoms with E-state index in [1.807, 2.05) is 31.5 Å². The first-order valence-electron chi connectivity index (χ1n) is 4.81. The Bertz CT molecular complexity index is 437. The number of aromatic nitrogens is 2. The number of nitrogens with one attached hydrogen (secondary N) is 1. The second-order valence-electron chi connectivity index (χ2n) is 3.37. The van der Waals surface area contributed by atoms with Gasteiger partial charge in [0.2, 0.25) is 0 Å². The molecule has 3 nitrogen and oxygen atoms in total. The SMILES string of the molecule is CNCc1cc(C)nc(-c2ccsc2)n1. The summed E-state index contributed by atoms with van der Waals surface area (Å²) in [6, 6.07) is 4.05. The molecule has 78 valence electrons. The number of hydrogen-bond acceptors (Lipinski definition) is 4. The quantitative estimate of drug-likeness (QED) is 0.860. The van der Waals surface area contributed by atoms with Crippen LogP contribution in [0.25, 0.3) is 11.4 Å². The van der Waals surface area contributed by atoms with Crippen molar-refractivity contribution in [2.75, 3.05) is 7.05 Å². The third kappa shape index (κ3) is 2.40. The van der Waals surface area contributed by atoms with Crippen molar-refractivity contribution in [3.8, 4) is 11.4 Å². The molecule has 0 unspecified atom stereocenters. The van der Waals surface area contributed by atoms with Gasteiger partial charge in [0.25, 0.3) is 0 Å². The van der Waals surface area contributed by atoms with Crippen LogP contribution in [0.4, 0.5) is 0 Å². The van der Waals surface area contributed by atoms with Gasteiger partial charge in [-0.3, -0.25) is 0 Å². The summed E-state index contributed by atoms with van der Waals surface area (Å²) in [6.07, 6.45) is 0. The molecule has 2 heterocycles. The third-order valence-electron chi connectivity index (χ3n) is 2.04. The van der Waals surface area contributed by atoms with Gasteiger partial charge in [0, 0.05) is 23.2 Å². The molecule has 0 saturated heterocycles. The van der Waals surface area contributed by atoms with Crippen LogP contribution in [0.2, 0.25) is 0 Å². The van der Waals surface area contributed by atoms with E-state index in [0.717, 1.165) is 29.3 Å². The van der Waals surface area contributed by atoms with Gasteiger partial charge in [-0.15, -0.1) is 0 Å². The van der Waals surface area contributed by atoms with Crippen molar-refractivity contribution >= 4 is 11.3 Å². The molecule has 2 rings (SSSR count). The molecule has 0 atom stereocenters. The Labute approximate surface area is 93.2 Å². The predicted molar refractivity (Wildman–Crippen MR) is 62.8 cm³/mol. The van der Waals surface area contributed by atoms with Gasteiger partial charge in [0.05, 0.1) is 5.69 Å². The van der Waals surface area contributed by atoms with E-state index in [-0.39, 0.29) is 0 Å². The first kappa shape index (κ1) is 10.3. The van der Waals surface area contributed by atoms with Crippen LogP contribution in [0.5, 0.6) is 0 Å². The van der Waals surface area contributed by atoms with E-state index in [0.29, 0.717) is 0 Å². The van der Waals surface area contributed by atoms with E-state index < -0.39 is 0 Å². The van der Waals surface area contributed by atoms with E-state index in [1.165, 1.54) is 0 Å². The van der Waals surface area contributed by atoms with Crippen molar-refractivity contribution in [2.24, 2.45) is 0 Å². The summed E-state index contributed by atoms with van der Waals surface area (Å²) in [4.78, 5) is 8.93. The molecular weight excluding hydrogens is 206 g/mol.